The van der Waals surface area contributed by atoms with Crippen LogP contribution in [0.3, 0.4) is 0 Å². The first-order valence-electron chi connectivity index (χ1n) is 4.06. The number of oxazole rings is 1. The van der Waals surface area contributed by atoms with E-state index in [9.17, 15) is 4.79 Å². The van der Waals surface area contributed by atoms with E-state index in [1.807, 2.05) is 0 Å². The zero-order valence-corrected chi connectivity index (χ0v) is 9.01. The van der Waals surface area contributed by atoms with Crippen LogP contribution in [0.2, 0.25) is 5.02 Å². The number of hydrogen-bond donors (Lipinski definition) is 1. The number of hydrogen-bond acceptors (Lipinski definition) is 4. The Hall–Kier alpha value is -1.20. The number of thioether (sulfide) groups is 1. The molecule has 0 atom stereocenters. The molecule has 2 aromatic rings. The second-order valence-corrected chi connectivity index (χ2v) is 4.14. The third-order valence-corrected chi connectivity index (χ3v) is 2.70. The van der Waals surface area contributed by atoms with Gasteiger partial charge in [0.25, 0.3) is 5.22 Å². The van der Waals surface area contributed by atoms with E-state index in [1.165, 1.54) is 0 Å². The predicted molar refractivity (Wildman–Crippen MR) is 57.4 cm³/mol. The maximum atomic E-state index is 10.3. The molecule has 1 aromatic heterocycles. The molecule has 0 aliphatic carbocycles. The van der Waals surface area contributed by atoms with Gasteiger partial charge in [-0.3, -0.25) is 4.79 Å². The molecule has 0 saturated carbocycles. The van der Waals surface area contributed by atoms with Gasteiger partial charge in [-0.1, -0.05) is 23.4 Å². The molecule has 78 valence electrons. The lowest BCUT2D eigenvalue weighted by molar-refractivity contribution is -0.133. The summed E-state index contributed by atoms with van der Waals surface area (Å²) < 4.78 is 5.30. The highest BCUT2D eigenvalue weighted by Gasteiger charge is 2.08. The lowest BCUT2D eigenvalue weighted by atomic mass is 10.3. The minimum Gasteiger partial charge on any atom is -0.481 e. The summed E-state index contributed by atoms with van der Waals surface area (Å²) in [4.78, 5) is 14.4. The molecule has 0 radical (unpaired) electrons. The number of fused-ring (bicyclic) bond motifs is 1. The zero-order chi connectivity index (χ0) is 10.8. The van der Waals surface area contributed by atoms with Crippen molar-refractivity contribution in [3.8, 4) is 0 Å². The molecule has 15 heavy (non-hydrogen) atoms. The summed E-state index contributed by atoms with van der Waals surface area (Å²) in [6.45, 7) is 0. The van der Waals surface area contributed by atoms with Crippen LogP contribution in [0.5, 0.6) is 0 Å². The summed E-state index contributed by atoms with van der Waals surface area (Å²) in [5.41, 5.74) is 1.24. The summed E-state index contributed by atoms with van der Waals surface area (Å²) in [5, 5.41) is 9.40. The summed E-state index contributed by atoms with van der Waals surface area (Å²) in [5.74, 6) is -0.971. The van der Waals surface area contributed by atoms with Crippen LogP contribution >= 0.6 is 23.4 Å². The fraction of sp³-hybridized carbons (Fsp3) is 0.111. The first-order chi connectivity index (χ1) is 7.15. The highest BCUT2D eigenvalue weighted by Crippen LogP contribution is 2.25. The molecule has 1 aromatic carbocycles. The van der Waals surface area contributed by atoms with E-state index in [-0.39, 0.29) is 5.75 Å². The number of benzene rings is 1. The van der Waals surface area contributed by atoms with Crippen LogP contribution in [-0.4, -0.2) is 21.8 Å². The van der Waals surface area contributed by atoms with Crippen LogP contribution in [0.4, 0.5) is 0 Å². The SMILES string of the molecule is O=C(O)CSc1nc2cc(Cl)ccc2o1. The molecule has 2 rings (SSSR count). The lowest BCUT2D eigenvalue weighted by Crippen LogP contribution is -1.97. The van der Waals surface area contributed by atoms with Crippen LogP contribution in [-0.2, 0) is 4.79 Å². The van der Waals surface area contributed by atoms with Gasteiger partial charge in [-0.25, -0.2) is 4.98 Å². The van der Waals surface area contributed by atoms with Gasteiger partial charge in [-0.2, -0.15) is 0 Å². The minimum absolute atomic E-state index is 0.0689. The van der Waals surface area contributed by atoms with Gasteiger partial charge < -0.3 is 9.52 Å². The van der Waals surface area contributed by atoms with Crippen LogP contribution in [0, 0.1) is 0 Å². The number of halogens is 1. The van der Waals surface area contributed by atoms with Crippen LogP contribution in [0.1, 0.15) is 0 Å². The van der Waals surface area contributed by atoms with Crippen molar-refractivity contribution < 1.29 is 14.3 Å². The second-order valence-electron chi connectivity index (χ2n) is 2.77. The van der Waals surface area contributed by atoms with Crippen molar-refractivity contribution >= 4 is 40.4 Å². The summed E-state index contributed by atoms with van der Waals surface area (Å²) in [6, 6.07) is 5.07. The van der Waals surface area contributed by atoms with Crippen molar-refractivity contribution in [1.29, 1.82) is 0 Å². The molecule has 1 heterocycles. The Morgan fingerprint density at radius 3 is 3.13 bits per heavy atom. The number of rotatable bonds is 3. The number of carboxylic acids is 1. The average Bonchev–Trinajstić information content (AvgIpc) is 2.56. The van der Waals surface area contributed by atoms with Gasteiger partial charge in [-0.05, 0) is 18.2 Å². The summed E-state index contributed by atoms with van der Waals surface area (Å²) >= 11 is 6.81. The maximum Gasteiger partial charge on any atom is 0.314 e. The van der Waals surface area contributed by atoms with Crippen LogP contribution < -0.4 is 0 Å². The molecule has 0 spiro atoms. The molecule has 6 heteroatoms. The summed E-state index contributed by atoms with van der Waals surface area (Å²) in [6.07, 6.45) is 0. The number of carbonyl (C=O) groups is 1. The fourth-order valence-electron chi connectivity index (χ4n) is 1.06. The van der Waals surface area contributed by atoms with Crippen LogP contribution in [0.25, 0.3) is 11.1 Å². The Morgan fingerprint density at radius 2 is 2.40 bits per heavy atom. The average molecular weight is 244 g/mol. The third kappa shape index (κ3) is 2.43. The standard InChI is InChI=1S/C9H6ClNO3S/c10-5-1-2-7-6(3-5)11-9(14-7)15-4-8(12)13/h1-3H,4H2,(H,12,13). The molecule has 0 aliphatic rings. The fourth-order valence-corrected chi connectivity index (χ4v) is 1.79. The van der Waals surface area contributed by atoms with Gasteiger partial charge >= 0.3 is 5.97 Å². The number of carboxylic acid groups (broad SMARTS) is 1. The van der Waals surface area contributed by atoms with Gasteiger partial charge in [0.1, 0.15) is 11.3 Å². The molecule has 0 unspecified atom stereocenters. The van der Waals surface area contributed by atoms with Crippen LogP contribution in [0.15, 0.2) is 27.8 Å². The number of aliphatic carboxylic acids is 1. The molecule has 0 aliphatic heterocycles. The van der Waals surface area contributed by atoms with E-state index in [0.29, 0.717) is 21.3 Å². The van der Waals surface area contributed by atoms with Gasteiger partial charge in [-0.15, -0.1) is 0 Å². The van der Waals surface area contributed by atoms with Crippen molar-refractivity contribution in [2.24, 2.45) is 0 Å². The number of aromatic nitrogens is 1. The Morgan fingerprint density at radius 1 is 1.60 bits per heavy atom. The third-order valence-electron chi connectivity index (χ3n) is 1.65. The van der Waals surface area contributed by atoms with Crippen molar-refractivity contribution in [3.63, 3.8) is 0 Å². The Kier molecular flexibility index (Phi) is 2.83. The molecular formula is C9H6ClNO3S. The molecular weight excluding hydrogens is 238 g/mol. The van der Waals surface area contributed by atoms with E-state index < -0.39 is 5.97 Å². The Bertz CT molecular complexity index is 511. The van der Waals surface area contributed by atoms with Crippen molar-refractivity contribution in [3.05, 3.63) is 23.2 Å². The highest BCUT2D eigenvalue weighted by atomic mass is 35.5. The molecule has 0 amide bonds. The zero-order valence-electron chi connectivity index (χ0n) is 7.44. The van der Waals surface area contributed by atoms with E-state index in [2.05, 4.69) is 4.98 Å². The largest absolute Gasteiger partial charge is 0.481 e. The highest BCUT2D eigenvalue weighted by molar-refractivity contribution is 7.99. The van der Waals surface area contributed by atoms with Gasteiger partial charge in [0.15, 0.2) is 5.58 Å². The molecule has 0 bridgehead atoms. The smallest absolute Gasteiger partial charge is 0.314 e. The molecule has 4 nitrogen and oxygen atoms in total. The predicted octanol–water partition coefficient (Wildman–Crippen LogP) is 2.66. The van der Waals surface area contributed by atoms with Gasteiger partial charge in [0, 0.05) is 5.02 Å². The normalized spacial score (nSPS) is 10.7. The van der Waals surface area contributed by atoms with E-state index >= 15 is 0 Å². The van der Waals surface area contributed by atoms with Gasteiger partial charge in [0.2, 0.25) is 0 Å². The molecule has 0 saturated heterocycles. The Balaban J connectivity index is 2.27. The maximum absolute atomic E-state index is 10.3. The minimum atomic E-state index is -0.903. The second kappa shape index (κ2) is 4.12. The Labute approximate surface area is 94.2 Å². The molecule has 1 N–H and O–H groups in total. The first kappa shape index (κ1) is 10.3. The monoisotopic (exact) mass is 243 g/mol. The quantitative estimate of drug-likeness (QED) is 0.840. The van der Waals surface area contributed by atoms with E-state index in [4.69, 9.17) is 21.1 Å². The molecule has 0 fully saturated rings. The number of nitrogens with zero attached hydrogens (tertiary/aromatic N) is 1. The first-order valence-corrected chi connectivity index (χ1v) is 5.42. The van der Waals surface area contributed by atoms with Crippen molar-refractivity contribution in [1.82, 2.24) is 4.98 Å². The van der Waals surface area contributed by atoms with Crippen molar-refractivity contribution in [2.75, 3.05) is 5.75 Å². The lowest BCUT2D eigenvalue weighted by Gasteiger charge is -1.88. The van der Waals surface area contributed by atoms with Crippen molar-refractivity contribution in [2.45, 2.75) is 5.22 Å². The summed E-state index contributed by atoms with van der Waals surface area (Å²) in [7, 11) is 0. The van der Waals surface area contributed by atoms with Gasteiger partial charge in [0.05, 0.1) is 0 Å². The van der Waals surface area contributed by atoms with E-state index in [0.717, 1.165) is 11.8 Å². The topological polar surface area (TPSA) is 63.3 Å². The van der Waals surface area contributed by atoms with E-state index in [1.54, 1.807) is 18.2 Å².